The molecule has 1 aromatic carbocycles. The number of benzene rings is 1. The molecule has 2 N–H and O–H groups in total. The van der Waals surface area contributed by atoms with Gasteiger partial charge in [-0.25, -0.2) is 4.79 Å². The summed E-state index contributed by atoms with van der Waals surface area (Å²) in [6.45, 7) is 1.37. The van der Waals surface area contributed by atoms with E-state index in [0.29, 0.717) is 10.6 Å². The van der Waals surface area contributed by atoms with Crippen LogP contribution in [0.15, 0.2) is 24.3 Å². The van der Waals surface area contributed by atoms with E-state index in [9.17, 15) is 14.7 Å². The van der Waals surface area contributed by atoms with Crippen LogP contribution in [-0.4, -0.2) is 22.0 Å². The summed E-state index contributed by atoms with van der Waals surface area (Å²) in [5.74, 6) is -3.54. The summed E-state index contributed by atoms with van der Waals surface area (Å²) in [6.07, 6.45) is -1.14. The van der Waals surface area contributed by atoms with Crippen molar-refractivity contribution in [3.8, 4) is 0 Å². The Kier molecular flexibility index (Phi) is 4.04. The van der Waals surface area contributed by atoms with Crippen molar-refractivity contribution in [3.63, 3.8) is 0 Å². The van der Waals surface area contributed by atoms with Gasteiger partial charge in [0.15, 0.2) is 0 Å². The van der Waals surface area contributed by atoms with Gasteiger partial charge in [-0.3, -0.25) is 4.79 Å². The number of rotatable bonds is 4. The fraction of sp³-hybridized carbons (Fsp3) is 0.273. The molecular formula is C11H11ClO4. The third kappa shape index (κ3) is 2.81. The Morgan fingerprint density at radius 3 is 2.19 bits per heavy atom. The maximum atomic E-state index is 11.1. The van der Waals surface area contributed by atoms with E-state index < -0.39 is 23.8 Å². The van der Waals surface area contributed by atoms with E-state index in [1.165, 1.54) is 6.92 Å². The first-order valence-corrected chi connectivity index (χ1v) is 5.02. The lowest BCUT2D eigenvalue weighted by molar-refractivity contribution is -0.152. The minimum Gasteiger partial charge on any atom is -0.475 e. The molecule has 4 nitrogen and oxygen atoms in total. The van der Waals surface area contributed by atoms with Crippen LogP contribution in [0.3, 0.4) is 0 Å². The smallest absolute Gasteiger partial charge is 0.372 e. The highest BCUT2D eigenvalue weighted by molar-refractivity contribution is 6.33. The fourth-order valence-electron chi connectivity index (χ4n) is 1.29. The second kappa shape index (κ2) is 5.09. The highest BCUT2D eigenvalue weighted by atomic mass is 35.5. The van der Waals surface area contributed by atoms with Crippen molar-refractivity contribution in [1.29, 1.82) is 0 Å². The predicted octanol–water partition coefficient (Wildman–Crippen LogP) is 1.66. The van der Waals surface area contributed by atoms with Crippen LogP contribution in [0.4, 0.5) is 0 Å². The number of ketones is 1. The number of carbonyl (C=O) groups excluding carboxylic acids is 1. The number of Topliss-reactive ketones (excluding diaryl/α,β-unsaturated/α-hetero) is 1. The minimum atomic E-state index is -1.54. The van der Waals surface area contributed by atoms with Crippen molar-refractivity contribution in [2.45, 2.75) is 13.0 Å². The van der Waals surface area contributed by atoms with Gasteiger partial charge >= 0.3 is 5.97 Å². The maximum Gasteiger partial charge on any atom is 0.372 e. The van der Waals surface area contributed by atoms with Gasteiger partial charge in [-0.2, -0.15) is 0 Å². The molecule has 2 unspecified atom stereocenters. The summed E-state index contributed by atoms with van der Waals surface area (Å²) >= 11 is 5.67. The zero-order valence-electron chi connectivity index (χ0n) is 8.55. The quantitative estimate of drug-likeness (QED) is 0.788. The van der Waals surface area contributed by atoms with Gasteiger partial charge in [0, 0.05) is 5.02 Å². The Hall–Kier alpha value is -1.39. The van der Waals surface area contributed by atoms with Crippen LogP contribution < -0.4 is 0 Å². The predicted molar refractivity (Wildman–Crippen MR) is 58.2 cm³/mol. The van der Waals surface area contributed by atoms with Gasteiger partial charge in [0.1, 0.15) is 0 Å². The molecule has 0 amide bonds. The highest BCUT2D eigenvalue weighted by Gasteiger charge is 2.28. The molecule has 0 aliphatic carbocycles. The molecule has 0 aliphatic rings. The second-order valence-electron chi connectivity index (χ2n) is 3.45. The summed E-state index contributed by atoms with van der Waals surface area (Å²) in [4.78, 5) is 21.6. The van der Waals surface area contributed by atoms with Crippen molar-refractivity contribution in [3.05, 3.63) is 34.9 Å². The second-order valence-corrected chi connectivity index (χ2v) is 3.89. The average molecular weight is 243 g/mol. The third-order valence-electron chi connectivity index (χ3n) is 2.31. The third-order valence-corrected chi connectivity index (χ3v) is 2.56. The molecule has 0 aliphatic heterocycles. The minimum absolute atomic E-state index is 0.464. The van der Waals surface area contributed by atoms with Crippen molar-refractivity contribution in [2.75, 3.05) is 0 Å². The van der Waals surface area contributed by atoms with Gasteiger partial charge in [-0.05, 0) is 17.7 Å². The van der Waals surface area contributed by atoms with Gasteiger partial charge < -0.3 is 10.2 Å². The van der Waals surface area contributed by atoms with E-state index in [1.807, 2.05) is 0 Å². The number of aliphatic hydroxyl groups excluding tert-OH is 1. The van der Waals surface area contributed by atoms with E-state index in [4.69, 9.17) is 16.7 Å². The van der Waals surface area contributed by atoms with Crippen LogP contribution in [-0.2, 0) is 9.59 Å². The van der Waals surface area contributed by atoms with Crippen molar-refractivity contribution in [2.24, 2.45) is 5.92 Å². The Labute approximate surface area is 97.5 Å². The standard InChI is InChI=1S/C11H11ClO4/c1-6(10(14)11(15)16)9(13)7-2-4-8(12)5-3-7/h2-6,9,13H,1H3,(H,15,16). The number of halogens is 1. The molecule has 5 heteroatoms. The van der Waals surface area contributed by atoms with E-state index in [0.717, 1.165) is 0 Å². The van der Waals surface area contributed by atoms with Gasteiger partial charge in [0.2, 0.25) is 5.78 Å². The zero-order chi connectivity index (χ0) is 12.3. The van der Waals surface area contributed by atoms with E-state index >= 15 is 0 Å². The SMILES string of the molecule is CC(C(=O)C(=O)O)C(O)c1ccc(Cl)cc1. The molecule has 0 saturated heterocycles. The van der Waals surface area contributed by atoms with Crippen LogP contribution in [0, 0.1) is 5.92 Å². The molecular weight excluding hydrogens is 232 g/mol. The van der Waals surface area contributed by atoms with Gasteiger partial charge in [-0.15, -0.1) is 0 Å². The van der Waals surface area contributed by atoms with Crippen LogP contribution in [0.2, 0.25) is 5.02 Å². The van der Waals surface area contributed by atoms with Crippen LogP contribution >= 0.6 is 11.6 Å². The molecule has 0 aromatic heterocycles. The molecule has 1 aromatic rings. The summed E-state index contributed by atoms with van der Waals surface area (Å²) in [7, 11) is 0. The number of hydrogen-bond donors (Lipinski definition) is 2. The number of aliphatic carboxylic acids is 1. The maximum absolute atomic E-state index is 11.1. The summed E-state index contributed by atoms with van der Waals surface area (Å²) in [5.41, 5.74) is 0.464. The molecule has 16 heavy (non-hydrogen) atoms. The molecule has 0 saturated carbocycles. The molecule has 2 atom stereocenters. The van der Waals surface area contributed by atoms with Crippen LogP contribution in [0.5, 0.6) is 0 Å². The van der Waals surface area contributed by atoms with E-state index in [-0.39, 0.29) is 0 Å². The number of hydrogen-bond acceptors (Lipinski definition) is 3. The van der Waals surface area contributed by atoms with Crippen LogP contribution in [0.1, 0.15) is 18.6 Å². The number of carboxylic acid groups (broad SMARTS) is 1. The van der Waals surface area contributed by atoms with Crippen molar-refractivity contribution in [1.82, 2.24) is 0 Å². The first-order valence-electron chi connectivity index (χ1n) is 4.64. The van der Waals surface area contributed by atoms with Crippen LogP contribution in [0.25, 0.3) is 0 Å². The molecule has 0 spiro atoms. The van der Waals surface area contributed by atoms with E-state index in [1.54, 1.807) is 24.3 Å². The lowest BCUT2D eigenvalue weighted by Gasteiger charge is -2.16. The van der Waals surface area contributed by atoms with E-state index in [2.05, 4.69) is 0 Å². The lowest BCUT2D eigenvalue weighted by atomic mass is 9.94. The zero-order valence-corrected chi connectivity index (χ0v) is 9.31. The average Bonchev–Trinajstić information content (AvgIpc) is 2.27. The van der Waals surface area contributed by atoms with Gasteiger partial charge in [-0.1, -0.05) is 30.7 Å². The van der Waals surface area contributed by atoms with Crippen molar-refractivity contribution < 1.29 is 19.8 Å². The molecule has 0 radical (unpaired) electrons. The first kappa shape index (κ1) is 12.7. The monoisotopic (exact) mass is 242 g/mol. The highest BCUT2D eigenvalue weighted by Crippen LogP contribution is 2.23. The number of carbonyl (C=O) groups is 2. The first-order chi connectivity index (χ1) is 7.43. The summed E-state index contributed by atoms with van der Waals surface area (Å²) in [6, 6.07) is 6.24. The molecule has 0 heterocycles. The summed E-state index contributed by atoms with van der Waals surface area (Å²) < 4.78 is 0. The number of aliphatic hydroxyl groups is 1. The molecule has 0 bridgehead atoms. The molecule has 86 valence electrons. The normalized spacial score (nSPS) is 14.2. The number of carboxylic acids is 1. The molecule has 1 rings (SSSR count). The fourth-order valence-corrected chi connectivity index (χ4v) is 1.41. The summed E-state index contributed by atoms with van der Waals surface area (Å²) in [5, 5.41) is 18.8. The Balaban J connectivity index is 2.85. The topological polar surface area (TPSA) is 74.6 Å². The van der Waals surface area contributed by atoms with Gasteiger partial charge in [0.25, 0.3) is 0 Å². The Morgan fingerprint density at radius 1 is 1.25 bits per heavy atom. The largest absolute Gasteiger partial charge is 0.475 e. The Bertz CT molecular complexity index is 399. The van der Waals surface area contributed by atoms with Gasteiger partial charge in [0.05, 0.1) is 12.0 Å². The van der Waals surface area contributed by atoms with Crippen molar-refractivity contribution >= 4 is 23.4 Å². The Morgan fingerprint density at radius 2 is 1.75 bits per heavy atom. The molecule has 0 fully saturated rings. The lowest BCUT2D eigenvalue weighted by Crippen LogP contribution is -2.26.